The monoisotopic (exact) mass is 495 g/mol. The molecule has 1 aromatic carbocycles. The van der Waals surface area contributed by atoms with Gasteiger partial charge in [0.1, 0.15) is 5.82 Å². The number of rotatable bonds is 6. The second-order valence-electron chi connectivity index (χ2n) is 8.17. The maximum Gasteiger partial charge on any atom is 0.271 e. The third-order valence-corrected chi connectivity index (χ3v) is 6.43. The van der Waals surface area contributed by atoms with E-state index in [1.165, 1.54) is 23.9 Å². The number of carbonyl (C=O) groups excluding carboxylic acids is 2. The molecule has 0 bridgehead atoms. The van der Waals surface area contributed by atoms with Gasteiger partial charge in [0.05, 0.1) is 5.56 Å². The average molecular weight is 496 g/mol. The number of fused-ring (bicyclic) bond motifs is 1. The first-order valence-corrected chi connectivity index (χ1v) is 12.2. The summed E-state index contributed by atoms with van der Waals surface area (Å²) in [5.41, 5.74) is 10.2. The molecule has 0 radical (unpaired) electrons. The summed E-state index contributed by atoms with van der Waals surface area (Å²) in [5, 5.41) is 5.06. The van der Waals surface area contributed by atoms with E-state index >= 15 is 0 Å². The minimum Gasteiger partial charge on any atom is -0.318 e. The van der Waals surface area contributed by atoms with Crippen LogP contribution in [0.1, 0.15) is 45.1 Å². The first-order valence-electron chi connectivity index (χ1n) is 11.0. The van der Waals surface area contributed by atoms with Crippen molar-refractivity contribution in [3.63, 3.8) is 0 Å². The van der Waals surface area contributed by atoms with Crippen molar-refractivity contribution in [1.29, 1.82) is 0 Å². The van der Waals surface area contributed by atoms with Crippen molar-refractivity contribution < 1.29 is 14.0 Å². The van der Waals surface area contributed by atoms with Gasteiger partial charge in [-0.1, -0.05) is 11.8 Å². The summed E-state index contributed by atoms with van der Waals surface area (Å²) < 4.78 is 16.8. The molecular weight excluding hydrogens is 469 g/mol. The number of aromatic nitrogens is 5. The van der Waals surface area contributed by atoms with Crippen molar-refractivity contribution in [2.45, 2.75) is 45.7 Å². The van der Waals surface area contributed by atoms with E-state index in [0.717, 1.165) is 28.3 Å². The Morgan fingerprint density at radius 3 is 2.43 bits per heavy atom. The van der Waals surface area contributed by atoms with Crippen LogP contribution >= 0.6 is 11.8 Å². The van der Waals surface area contributed by atoms with Crippen LogP contribution in [0, 0.1) is 33.5 Å². The van der Waals surface area contributed by atoms with Crippen molar-refractivity contribution in [2.75, 3.05) is 6.26 Å². The maximum atomic E-state index is 13.3. The molecule has 0 unspecified atom stereocenters. The summed E-state index contributed by atoms with van der Waals surface area (Å²) >= 11 is 1.44. The van der Waals surface area contributed by atoms with E-state index in [9.17, 15) is 14.0 Å². The van der Waals surface area contributed by atoms with Gasteiger partial charge in [-0.15, -0.1) is 5.10 Å². The normalized spacial score (nSPS) is 11.1. The number of thioether (sulfide) groups is 1. The van der Waals surface area contributed by atoms with Gasteiger partial charge in [-0.3, -0.25) is 20.4 Å². The first kappa shape index (κ1) is 24.4. The van der Waals surface area contributed by atoms with Gasteiger partial charge in [0.2, 0.25) is 11.1 Å². The molecule has 35 heavy (non-hydrogen) atoms. The molecule has 0 aliphatic carbocycles. The lowest BCUT2D eigenvalue weighted by Crippen LogP contribution is -2.41. The fourth-order valence-electron chi connectivity index (χ4n) is 4.11. The average Bonchev–Trinajstić information content (AvgIpc) is 3.38. The number of carbonyl (C=O) groups is 2. The highest BCUT2D eigenvalue weighted by molar-refractivity contribution is 7.98. The number of amides is 2. The Labute approximate surface area is 206 Å². The minimum absolute atomic E-state index is 0.161. The maximum absolute atomic E-state index is 13.3. The summed E-state index contributed by atoms with van der Waals surface area (Å²) in [6.45, 7) is 7.46. The number of hydrazine groups is 1. The van der Waals surface area contributed by atoms with Gasteiger partial charge in [0.15, 0.2) is 0 Å². The molecule has 182 valence electrons. The molecule has 3 heterocycles. The molecule has 0 atom stereocenters. The Kier molecular flexibility index (Phi) is 6.88. The Hall–Kier alpha value is -3.73. The molecule has 0 fully saturated rings. The summed E-state index contributed by atoms with van der Waals surface area (Å²) in [4.78, 5) is 34.1. The topological polar surface area (TPSA) is 106 Å². The third kappa shape index (κ3) is 4.90. The van der Waals surface area contributed by atoms with Crippen molar-refractivity contribution in [2.24, 2.45) is 0 Å². The van der Waals surface area contributed by atoms with E-state index < -0.39 is 5.91 Å². The highest BCUT2D eigenvalue weighted by Crippen LogP contribution is 2.21. The van der Waals surface area contributed by atoms with Gasteiger partial charge in [-0.05, 0) is 76.3 Å². The number of hydrogen-bond acceptors (Lipinski definition) is 6. The zero-order valence-corrected chi connectivity index (χ0v) is 21.0. The zero-order valence-electron chi connectivity index (χ0n) is 20.1. The van der Waals surface area contributed by atoms with Crippen LogP contribution in [0.4, 0.5) is 4.39 Å². The predicted octanol–water partition coefficient (Wildman–Crippen LogP) is 3.40. The largest absolute Gasteiger partial charge is 0.318 e. The second kappa shape index (κ2) is 9.87. The van der Waals surface area contributed by atoms with Crippen LogP contribution in [0.25, 0.3) is 11.5 Å². The Morgan fingerprint density at radius 2 is 1.74 bits per heavy atom. The standard InChI is InChI=1S/C24H26FN7O2S/c1-13-12-20(15(3)31(13)18-8-6-17(25)7-9-18)22(34)29-28-21(33)11-10-19-14(2)26-23-27-24(35-5)30-32(23)16(19)4/h6-9,12H,10-11H2,1-5H3,(H,28,33)(H,29,34). The summed E-state index contributed by atoms with van der Waals surface area (Å²) in [5.74, 6) is -0.553. The highest BCUT2D eigenvalue weighted by Gasteiger charge is 2.18. The molecule has 3 aromatic heterocycles. The first-order chi connectivity index (χ1) is 16.7. The van der Waals surface area contributed by atoms with E-state index in [1.807, 2.05) is 31.6 Å². The summed E-state index contributed by atoms with van der Waals surface area (Å²) in [6, 6.07) is 7.77. The number of hydrogen-bond donors (Lipinski definition) is 2. The number of halogens is 1. The molecule has 9 nitrogen and oxygen atoms in total. The molecule has 4 aromatic rings. The van der Waals surface area contributed by atoms with E-state index in [4.69, 9.17) is 0 Å². The fraction of sp³-hybridized carbons (Fsp3) is 0.292. The lowest BCUT2D eigenvalue weighted by atomic mass is 10.1. The van der Waals surface area contributed by atoms with Crippen LogP contribution < -0.4 is 10.9 Å². The second-order valence-corrected chi connectivity index (χ2v) is 8.94. The number of aryl methyl sites for hydroxylation is 3. The molecule has 0 aliphatic rings. The summed E-state index contributed by atoms with van der Waals surface area (Å²) in [7, 11) is 0. The Balaban J connectivity index is 1.40. The Morgan fingerprint density at radius 1 is 1.03 bits per heavy atom. The van der Waals surface area contributed by atoms with E-state index in [-0.39, 0.29) is 18.1 Å². The van der Waals surface area contributed by atoms with Gasteiger partial charge in [-0.25, -0.2) is 13.9 Å². The van der Waals surface area contributed by atoms with E-state index in [0.29, 0.717) is 28.6 Å². The SMILES string of the molecule is CSc1nc2nc(C)c(CCC(=O)NNC(=O)c3cc(C)n(-c4ccc(F)cc4)c3C)c(C)n2n1. The van der Waals surface area contributed by atoms with Crippen LogP contribution in [0.3, 0.4) is 0 Å². The molecule has 0 aliphatic heterocycles. The van der Waals surface area contributed by atoms with Gasteiger partial charge in [-0.2, -0.15) is 4.98 Å². The Bertz CT molecular complexity index is 1430. The van der Waals surface area contributed by atoms with Crippen LogP contribution in [0.2, 0.25) is 0 Å². The van der Waals surface area contributed by atoms with E-state index in [1.54, 1.807) is 29.6 Å². The molecule has 2 N–H and O–H groups in total. The quantitative estimate of drug-likeness (QED) is 0.314. The molecule has 11 heteroatoms. The number of benzene rings is 1. The lowest BCUT2D eigenvalue weighted by Gasteiger charge is -2.12. The fourth-order valence-corrected chi connectivity index (χ4v) is 4.45. The highest BCUT2D eigenvalue weighted by atomic mass is 32.2. The molecule has 2 amide bonds. The van der Waals surface area contributed by atoms with E-state index in [2.05, 4.69) is 25.9 Å². The van der Waals surface area contributed by atoms with Crippen LogP contribution in [-0.2, 0) is 11.2 Å². The van der Waals surface area contributed by atoms with Crippen molar-refractivity contribution in [3.8, 4) is 5.69 Å². The molecule has 0 saturated carbocycles. The van der Waals surface area contributed by atoms with Gasteiger partial charge in [0, 0.05) is 34.9 Å². The third-order valence-electron chi connectivity index (χ3n) is 5.89. The van der Waals surface area contributed by atoms with Crippen LogP contribution in [0.15, 0.2) is 35.5 Å². The zero-order chi connectivity index (χ0) is 25.3. The van der Waals surface area contributed by atoms with Crippen molar-refractivity contribution in [1.82, 2.24) is 35.0 Å². The number of nitrogens with zero attached hydrogens (tertiary/aromatic N) is 5. The molecule has 0 saturated heterocycles. The van der Waals surface area contributed by atoms with Crippen LogP contribution in [0.5, 0.6) is 0 Å². The molecule has 0 spiro atoms. The number of nitrogens with one attached hydrogen (secondary N) is 2. The minimum atomic E-state index is -0.428. The smallest absolute Gasteiger partial charge is 0.271 e. The van der Waals surface area contributed by atoms with Crippen LogP contribution in [-0.4, -0.2) is 42.2 Å². The molecular formula is C24H26FN7O2S. The lowest BCUT2D eigenvalue weighted by molar-refractivity contribution is -0.121. The van der Waals surface area contributed by atoms with Crippen molar-refractivity contribution >= 4 is 29.4 Å². The van der Waals surface area contributed by atoms with Crippen molar-refractivity contribution in [3.05, 3.63) is 70.1 Å². The van der Waals surface area contributed by atoms with Gasteiger partial charge >= 0.3 is 0 Å². The van der Waals surface area contributed by atoms with Gasteiger partial charge < -0.3 is 4.57 Å². The summed E-state index contributed by atoms with van der Waals surface area (Å²) in [6.07, 6.45) is 2.50. The van der Waals surface area contributed by atoms with Gasteiger partial charge in [0.25, 0.3) is 11.7 Å². The predicted molar refractivity (Wildman–Crippen MR) is 131 cm³/mol. The molecule has 4 rings (SSSR count).